The summed E-state index contributed by atoms with van der Waals surface area (Å²) < 4.78 is 0. The summed E-state index contributed by atoms with van der Waals surface area (Å²) in [5.41, 5.74) is 1.49. The fourth-order valence-corrected chi connectivity index (χ4v) is 1.61. The van der Waals surface area contributed by atoms with Gasteiger partial charge in [-0.2, -0.15) is 15.3 Å². The van der Waals surface area contributed by atoms with Crippen molar-refractivity contribution < 1.29 is 0 Å². The molecule has 0 amide bonds. The van der Waals surface area contributed by atoms with Crippen LogP contribution in [-0.4, -0.2) is 21.2 Å². The van der Waals surface area contributed by atoms with Gasteiger partial charge < -0.3 is 10.6 Å². The fraction of sp³-hybridized carbons (Fsp3) is 0.231. The third-order valence-electron chi connectivity index (χ3n) is 2.76. The molecule has 1 aromatic heterocycles. The highest BCUT2D eigenvalue weighted by molar-refractivity contribution is 5.57. The molecular formula is C13H12N6. The van der Waals surface area contributed by atoms with Gasteiger partial charge in [-0.1, -0.05) is 0 Å². The number of rotatable bonds is 4. The molecule has 0 aliphatic heterocycles. The first kappa shape index (κ1) is 11.4. The number of hydrogen-bond acceptors (Lipinski definition) is 6. The summed E-state index contributed by atoms with van der Waals surface area (Å²) in [4.78, 5) is 4.33. The van der Waals surface area contributed by atoms with Crippen LogP contribution in [0.5, 0.6) is 0 Å². The van der Waals surface area contributed by atoms with E-state index in [-0.39, 0.29) is 0 Å². The van der Waals surface area contributed by atoms with Crippen LogP contribution in [0, 0.1) is 11.3 Å². The summed E-state index contributed by atoms with van der Waals surface area (Å²) in [7, 11) is 0. The number of nitrogens with zero attached hydrogens (tertiary/aromatic N) is 4. The minimum atomic E-state index is 0.493. The molecule has 6 nitrogen and oxygen atoms in total. The standard InChI is InChI=1S/C13H12N6/c14-7-9-1-3-10(4-2-9)16-12-8-15-19-13(18-12)17-11-5-6-11/h1-4,8,11H,5-6H2,(H2,16,17,18,19). The molecule has 0 saturated heterocycles. The van der Waals surface area contributed by atoms with E-state index in [1.807, 2.05) is 12.1 Å². The van der Waals surface area contributed by atoms with E-state index in [0.717, 1.165) is 18.5 Å². The zero-order chi connectivity index (χ0) is 13.1. The van der Waals surface area contributed by atoms with E-state index >= 15 is 0 Å². The van der Waals surface area contributed by atoms with Crippen LogP contribution in [0.1, 0.15) is 18.4 Å². The van der Waals surface area contributed by atoms with E-state index < -0.39 is 0 Å². The Labute approximate surface area is 110 Å². The van der Waals surface area contributed by atoms with Crippen molar-refractivity contribution in [1.82, 2.24) is 15.2 Å². The van der Waals surface area contributed by atoms with Crippen molar-refractivity contribution in [3.63, 3.8) is 0 Å². The Kier molecular flexibility index (Phi) is 2.94. The number of aromatic nitrogens is 3. The second-order valence-corrected chi connectivity index (χ2v) is 4.40. The zero-order valence-corrected chi connectivity index (χ0v) is 10.2. The van der Waals surface area contributed by atoms with E-state index in [1.165, 1.54) is 0 Å². The molecule has 0 atom stereocenters. The van der Waals surface area contributed by atoms with Crippen molar-refractivity contribution in [2.75, 3.05) is 10.6 Å². The molecule has 0 spiro atoms. The molecule has 0 unspecified atom stereocenters. The Morgan fingerprint density at radius 3 is 2.68 bits per heavy atom. The summed E-state index contributed by atoms with van der Waals surface area (Å²) in [6.45, 7) is 0. The summed E-state index contributed by atoms with van der Waals surface area (Å²) >= 11 is 0. The van der Waals surface area contributed by atoms with Gasteiger partial charge in [0, 0.05) is 11.7 Å². The molecular weight excluding hydrogens is 240 g/mol. The van der Waals surface area contributed by atoms with E-state index in [0.29, 0.717) is 23.4 Å². The number of nitrogens with one attached hydrogen (secondary N) is 2. The maximum absolute atomic E-state index is 8.74. The van der Waals surface area contributed by atoms with E-state index in [2.05, 4.69) is 31.9 Å². The summed E-state index contributed by atoms with van der Waals surface area (Å²) in [6.07, 6.45) is 3.89. The molecule has 1 aromatic carbocycles. The van der Waals surface area contributed by atoms with E-state index in [4.69, 9.17) is 5.26 Å². The Balaban J connectivity index is 1.72. The second kappa shape index (κ2) is 4.90. The second-order valence-electron chi connectivity index (χ2n) is 4.40. The van der Waals surface area contributed by atoms with Crippen molar-refractivity contribution in [1.29, 1.82) is 5.26 Å². The van der Waals surface area contributed by atoms with Gasteiger partial charge in [0.15, 0.2) is 5.82 Å². The van der Waals surface area contributed by atoms with Crippen molar-refractivity contribution in [2.45, 2.75) is 18.9 Å². The predicted octanol–water partition coefficient (Wildman–Crippen LogP) is 2.06. The van der Waals surface area contributed by atoms with Gasteiger partial charge in [-0.05, 0) is 37.1 Å². The van der Waals surface area contributed by atoms with Gasteiger partial charge in [-0.3, -0.25) is 0 Å². The highest BCUT2D eigenvalue weighted by Gasteiger charge is 2.22. The minimum absolute atomic E-state index is 0.493. The third-order valence-corrected chi connectivity index (χ3v) is 2.76. The molecule has 19 heavy (non-hydrogen) atoms. The van der Waals surface area contributed by atoms with Gasteiger partial charge in [0.25, 0.3) is 0 Å². The minimum Gasteiger partial charge on any atom is -0.350 e. The predicted molar refractivity (Wildman–Crippen MR) is 70.9 cm³/mol. The largest absolute Gasteiger partial charge is 0.350 e. The molecule has 0 bridgehead atoms. The molecule has 1 saturated carbocycles. The summed E-state index contributed by atoms with van der Waals surface area (Å²) in [5.74, 6) is 1.17. The van der Waals surface area contributed by atoms with Crippen molar-refractivity contribution in [3.05, 3.63) is 36.0 Å². The molecule has 1 aliphatic rings. The van der Waals surface area contributed by atoms with E-state index in [9.17, 15) is 0 Å². The van der Waals surface area contributed by atoms with Gasteiger partial charge in [0.2, 0.25) is 5.95 Å². The van der Waals surface area contributed by atoms with Gasteiger partial charge in [-0.25, -0.2) is 0 Å². The first-order valence-electron chi connectivity index (χ1n) is 6.07. The maximum atomic E-state index is 8.74. The first-order chi connectivity index (χ1) is 9.33. The van der Waals surface area contributed by atoms with Gasteiger partial charge in [0.1, 0.15) is 0 Å². The Bertz CT molecular complexity index is 612. The lowest BCUT2D eigenvalue weighted by molar-refractivity contribution is 0.947. The molecule has 1 fully saturated rings. The molecule has 2 N–H and O–H groups in total. The monoisotopic (exact) mass is 252 g/mol. The average molecular weight is 252 g/mol. The molecule has 1 aliphatic carbocycles. The molecule has 3 rings (SSSR count). The fourth-order valence-electron chi connectivity index (χ4n) is 1.61. The first-order valence-corrected chi connectivity index (χ1v) is 6.07. The van der Waals surface area contributed by atoms with Crippen molar-refractivity contribution in [3.8, 4) is 6.07 Å². The van der Waals surface area contributed by atoms with Crippen molar-refractivity contribution >= 4 is 17.5 Å². The summed E-state index contributed by atoms with van der Waals surface area (Å²) in [5, 5.41) is 22.9. The lowest BCUT2D eigenvalue weighted by Gasteiger charge is -2.06. The lowest BCUT2D eigenvalue weighted by Crippen LogP contribution is -2.07. The molecule has 6 heteroatoms. The average Bonchev–Trinajstić information content (AvgIpc) is 3.24. The van der Waals surface area contributed by atoms with Crippen LogP contribution in [0.25, 0.3) is 0 Å². The van der Waals surface area contributed by atoms with Crippen LogP contribution in [0.2, 0.25) is 0 Å². The Morgan fingerprint density at radius 1 is 1.21 bits per heavy atom. The number of anilines is 3. The van der Waals surface area contributed by atoms with Crippen LogP contribution in [0.4, 0.5) is 17.5 Å². The number of benzene rings is 1. The molecule has 94 valence electrons. The zero-order valence-electron chi connectivity index (χ0n) is 10.2. The van der Waals surface area contributed by atoms with Crippen LogP contribution >= 0.6 is 0 Å². The SMILES string of the molecule is N#Cc1ccc(Nc2cnnc(NC3CC3)n2)cc1. The van der Waals surface area contributed by atoms with Crippen LogP contribution in [0.15, 0.2) is 30.5 Å². The van der Waals surface area contributed by atoms with Crippen LogP contribution < -0.4 is 10.6 Å². The Hall–Kier alpha value is -2.68. The highest BCUT2D eigenvalue weighted by atomic mass is 15.3. The topological polar surface area (TPSA) is 86.5 Å². The molecule has 0 radical (unpaired) electrons. The number of hydrogen-bond donors (Lipinski definition) is 2. The van der Waals surface area contributed by atoms with E-state index in [1.54, 1.807) is 18.3 Å². The Morgan fingerprint density at radius 2 is 2.00 bits per heavy atom. The lowest BCUT2D eigenvalue weighted by atomic mass is 10.2. The van der Waals surface area contributed by atoms with Crippen molar-refractivity contribution in [2.24, 2.45) is 0 Å². The smallest absolute Gasteiger partial charge is 0.244 e. The normalized spacial score (nSPS) is 13.6. The van der Waals surface area contributed by atoms with Crippen LogP contribution in [-0.2, 0) is 0 Å². The third kappa shape index (κ3) is 2.96. The summed E-state index contributed by atoms with van der Waals surface area (Å²) in [6, 6.07) is 9.73. The van der Waals surface area contributed by atoms with Crippen LogP contribution in [0.3, 0.4) is 0 Å². The number of nitriles is 1. The van der Waals surface area contributed by atoms with Gasteiger partial charge >= 0.3 is 0 Å². The highest BCUT2D eigenvalue weighted by Crippen LogP contribution is 2.23. The van der Waals surface area contributed by atoms with Gasteiger partial charge in [0.05, 0.1) is 17.8 Å². The maximum Gasteiger partial charge on any atom is 0.244 e. The van der Waals surface area contributed by atoms with Gasteiger partial charge in [-0.15, -0.1) is 5.10 Å². The molecule has 2 aromatic rings. The molecule has 1 heterocycles. The quantitative estimate of drug-likeness (QED) is 0.866.